The van der Waals surface area contributed by atoms with E-state index in [0.717, 1.165) is 25.9 Å². The van der Waals surface area contributed by atoms with Crippen molar-refractivity contribution in [3.05, 3.63) is 0 Å². The van der Waals surface area contributed by atoms with Gasteiger partial charge in [-0.25, -0.2) is 0 Å². The van der Waals surface area contributed by atoms with E-state index in [1.165, 1.54) is 18.2 Å². The first-order chi connectivity index (χ1) is 9.00. The Kier molecular flexibility index (Phi) is 7.23. The maximum atomic E-state index is 11.9. The number of primary amides is 1. The van der Waals surface area contributed by atoms with Crippen LogP contribution in [-0.2, 0) is 9.59 Å². The maximum absolute atomic E-state index is 11.9. The van der Waals surface area contributed by atoms with Crippen molar-refractivity contribution in [2.45, 2.75) is 45.2 Å². The topological polar surface area (TPSA) is 75.4 Å². The van der Waals surface area contributed by atoms with Gasteiger partial charge < -0.3 is 16.0 Å². The Morgan fingerprint density at radius 2 is 1.89 bits per heavy atom. The second-order valence-corrected chi connectivity index (χ2v) is 6.26. The van der Waals surface area contributed by atoms with Gasteiger partial charge in [0.15, 0.2) is 0 Å². The molecule has 0 aliphatic carbocycles. The molecule has 0 aromatic heterocycles. The third kappa shape index (κ3) is 6.29. The van der Waals surface area contributed by atoms with Gasteiger partial charge in [-0.15, -0.1) is 11.8 Å². The molecule has 3 N–H and O–H groups in total. The molecule has 1 saturated heterocycles. The van der Waals surface area contributed by atoms with E-state index in [0.29, 0.717) is 11.5 Å². The molecule has 1 rings (SSSR count). The molecule has 1 atom stereocenters. The number of piperidine rings is 1. The zero-order chi connectivity index (χ0) is 14.3. The predicted molar refractivity (Wildman–Crippen MR) is 79.0 cm³/mol. The number of nitrogens with two attached hydrogens (primary N) is 1. The molecule has 110 valence electrons. The fraction of sp³-hybridized carbons (Fsp3) is 0.846. The fourth-order valence-electron chi connectivity index (χ4n) is 2.11. The highest BCUT2D eigenvalue weighted by atomic mass is 32.2. The van der Waals surface area contributed by atoms with Gasteiger partial charge in [-0.3, -0.25) is 9.59 Å². The normalized spacial score (nSPS) is 17.5. The quantitative estimate of drug-likeness (QED) is 0.718. The van der Waals surface area contributed by atoms with E-state index in [9.17, 15) is 9.59 Å². The summed E-state index contributed by atoms with van der Waals surface area (Å²) in [6.45, 7) is 5.70. The van der Waals surface area contributed by atoms with Crippen LogP contribution in [0.25, 0.3) is 0 Å². The van der Waals surface area contributed by atoms with E-state index in [1.807, 2.05) is 18.7 Å². The molecule has 6 heteroatoms. The third-order valence-electron chi connectivity index (χ3n) is 3.10. The molecule has 0 aromatic carbocycles. The number of rotatable bonds is 7. The van der Waals surface area contributed by atoms with E-state index in [1.54, 1.807) is 0 Å². The van der Waals surface area contributed by atoms with E-state index < -0.39 is 0 Å². The smallest absolute Gasteiger partial charge is 0.235 e. The van der Waals surface area contributed by atoms with Crippen LogP contribution in [0.3, 0.4) is 0 Å². The number of amides is 2. The summed E-state index contributed by atoms with van der Waals surface area (Å²) in [5.41, 5.74) is 5.33. The Bertz CT molecular complexity index is 304. The number of thioether (sulfide) groups is 1. The number of hydrogen-bond acceptors (Lipinski definition) is 4. The van der Waals surface area contributed by atoms with Gasteiger partial charge in [0.2, 0.25) is 11.8 Å². The summed E-state index contributed by atoms with van der Waals surface area (Å²) in [5.74, 6) is 0.806. The maximum Gasteiger partial charge on any atom is 0.235 e. The molecule has 19 heavy (non-hydrogen) atoms. The van der Waals surface area contributed by atoms with Crippen molar-refractivity contribution in [2.24, 2.45) is 5.73 Å². The van der Waals surface area contributed by atoms with Crippen molar-refractivity contribution in [3.8, 4) is 0 Å². The number of carbonyl (C=O) groups is 2. The summed E-state index contributed by atoms with van der Waals surface area (Å²) in [4.78, 5) is 25.1. The second kappa shape index (κ2) is 8.43. The number of hydrogen-bond donors (Lipinski definition) is 2. The van der Waals surface area contributed by atoms with E-state index in [4.69, 9.17) is 5.73 Å². The van der Waals surface area contributed by atoms with Crippen molar-refractivity contribution in [1.82, 2.24) is 10.2 Å². The van der Waals surface area contributed by atoms with Crippen LogP contribution < -0.4 is 11.1 Å². The van der Waals surface area contributed by atoms with Crippen molar-refractivity contribution < 1.29 is 9.59 Å². The highest BCUT2D eigenvalue weighted by molar-refractivity contribution is 8.00. The molecule has 1 heterocycles. The van der Waals surface area contributed by atoms with Crippen LogP contribution in [0.5, 0.6) is 0 Å². The highest BCUT2D eigenvalue weighted by Crippen LogP contribution is 2.12. The largest absolute Gasteiger partial charge is 0.368 e. The molecular formula is C13H25N3O2S. The van der Waals surface area contributed by atoms with Crippen LogP contribution in [-0.4, -0.2) is 53.4 Å². The highest BCUT2D eigenvalue weighted by Gasteiger charge is 2.19. The van der Waals surface area contributed by atoms with Crippen LogP contribution in [0.2, 0.25) is 0 Å². The average Bonchev–Trinajstić information content (AvgIpc) is 2.37. The first-order valence-corrected chi connectivity index (χ1v) is 8.07. The van der Waals surface area contributed by atoms with Gasteiger partial charge in [0.25, 0.3) is 0 Å². The zero-order valence-corrected chi connectivity index (χ0v) is 12.7. The molecular weight excluding hydrogens is 262 g/mol. The molecule has 0 spiro atoms. The molecule has 1 unspecified atom stereocenters. The molecule has 0 radical (unpaired) electrons. The summed E-state index contributed by atoms with van der Waals surface area (Å²) >= 11 is 1.48. The van der Waals surface area contributed by atoms with Gasteiger partial charge in [0.1, 0.15) is 0 Å². The van der Waals surface area contributed by atoms with Gasteiger partial charge in [0.05, 0.1) is 11.8 Å². The fourth-order valence-corrected chi connectivity index (χ4v) is 3.08. The van der Waals surface area contributed by atoms with Gasteiger partial charge in [-0.2, -0.15) is 0 Å². The molecule has 1 aliphatic heterocycles. The van der Waals surface area contributed by atoms with E-state index in [2.05, 4.69) is 5.32 Å². The van der Waals surface area contributed by atoms with Crippen LogP contribution >= 0.6 is 11.8 Å². The Balaban J connectivity index is 2.26. The lowest BCUT2D eigenvalue weighted by molar-refractivity contribution is -0.129. The first-order valence-electron chi connectivity index (χ1n) is 6.91. The second-order valence-electron chi connectivity index (χ2n) is 5.23. The van der Waals surface area contributed by atoms with E-state index >= 15 is 0 Å². The Morgan fingerprint density at radius 3 is 2.42 bits per heavy atom. The first kappa shape index (κ1) is 16.3. The van der Waals surface area contributed by atoms with Crippen molar-refractivity contribution >= 4 is 23.6 Å². The minimum absolute atomic E-state index is 0.178. The molecule has 1 aliphatic rings. The third-order valence-corrected chi connectivity index (χ3v) is 4.12. The minimum atomic E-state index is -0.362. The lowest BCUT2D eigenvalue weighted by Gasteiger charge is -2.26. The molecule has 5 nitrogen and oxygen atoms in total. The lowest BCUT2D eigenvalue weighted by Crippen LogP contribution is -2.46. The minimum Gasteiger partial charge on any atom is -0.368 e. The standard InChI is InChI=1S/C13H25N3O2S/c1-10(2)15-11(13(14)18)8-19-9-12(17)16-6-4-3-5-7-16/h10-11,15H,3-9H2,1-2H3,(H2,14,18). The number of nitrogens with zero attached hydrogens (tertiary/aromatic N) is 1. The zero-order valence-electron chi connectivity index (χ0n) is 11.9. The number of carbonyl (C=O) groups excluding carboxylic acids is 2. The van der Waals surface area contributed by atoms with Gasteiger partial charge in [-0.05, 0) is 19.3 Å². The summed E-state index contributed by atoms with van der Waals surface area (Å²) in [5, 5.41) is 3.11. The van der Waals surface area contributed by atoms with Gasteiger partial charge in [-0.1, -0.05) is 13.8 Å². The molecule has 1 fully saturated rings. The molecule has 0 bridgehead atoms. The average molecular weight is 287 g/mol. The monoisotopic (exact) mass is 287 g/mol. The molecule has 0 aromatic rings. The Morgan fingerprint density at radius 1 is 1.26 bits per heavy atom. The van der Waals surface area contributed by atoms with E-state index in [-0.39, 0.29) is 23.9 Å². The van der Waals surface area contributed by atoms with Crippen LogP contribution in [0.1, 0.15) is 33.1 Å². The summed E-state index contributed by atoms with van der Waals surface area (Å²) in [6, 6.07) is -0.157. The SMILES string of the molecule is CC(C)NC(CSCC(=O)N1CCCCC1)C(N)=O. The summed E-state index contributed by atoms with van der Waals surface area (Å²) < 4.78 is 0. The molecule has 0 saturated carbocycles. The number of nitrogens with one attached hydrogen (secondary N) is 1. The van der Waals surface area contributed by atoms with Crippen molar-refractivity contribution in [3.63, 3.8) is 0 Å². The van der Waals surface area contributed by atoms with Gasteiger partial charge in [0, 0.05) is 24.9 Å². The van der Waals surface area contributed by atoms with Crippen LogP contribution in [0.15, 0.2) is 0 Å². The van der Waals surface area contributed by atoms with Crippen molar-refractivity contribution in [1.29, 1.82) is 0 Å². The Hall–Kier alpha value is -0.750. The number of likely N-dealkylation sites (tertiary alicyclic amines) is 1. The van der Waals surface area contributed by atoms with Crippen LogP contribution in [0.4, 0.5) is 0 Å². The Labute approximate surface area is 119 Å². The van der Waals surface area contributed by atoms with Crippen LogP contribution in [0, 0.1) is 0 Å². The van der Waals surface area contributed by atoms with Gasteiger partial charge >= 0.3 is 0 Å². The summed E-state index contributed by atoms with van der Waals surface area (Å²) in [6.07, 6.45) is 3.43. The lowest BCUT2D eigenvalue weighted by atomic mass is 10.1. The molecule has 2 amide bonds. The summed E-state index contributed by atoms with van der Waals surface area (Å²) in [7, 11) is 0. The predicted octanol–water partition coefficient (Wildman–Crippen LogP) is 0.584. The van der Waals surface area contributed by atoms with Crippen molar-refractivity contribution in [2.75, 3.05) is 24.6 Å².